The largest absolute Gasteiger partial charge is 0.350 e. The number of ether oxygens (including phenoxy) is 2. The van der Waals surface area contributed by atoms with Gasteiger partial charge in [0.05, 0.1) is 0 Å². The SMILES string of the molecule is CCCCCCCC[C@H](CCCN)C(C)(OCC)OCC. The summed E-state index contributed by atoms with van der Waals surface area (Å²) in [5, 5.41) is 0. The highest BCUT2D eigenvalue weighted by Gasteiger charge is 2.34. The molecular weight excluding hydrogens is 262 g/mol. The number of rotatable bonds is 15. The molecule has 0 aliphatic rings. The van der Waals surface area contributed by atoms with Gasteiger partial charge in [-0.15, -0.1) is 0 Å². The van der Waals surface area contributed by atoms with Crippen molar-refractivity contribution >= 4 is 0 Å². The Balaban J connectivity index is 4.32. The van der Waals surface area contributed by atoms with Crippen LogP contribution in [0.25, 0.3) is 0 Å². The van der Waals surface area contributed by atoms with Gasteiger partial charge in [-0.2, -0.15) is 0 Å². The molecule has 0 rings (SSSR count). The standard InChI is InChI=1S/C18H39NO2/c1-5-8-9-10-11-12-14-17(15-13-16-19)18(4,20-6-2)21-7-3/h17H,5-16,19H2,1-4H3/t17-/m1/s1. The third-order valence-electron chi connectivity index (χ3n) is 4.27. The first-order valence-corrected chi connectivity index (χ1v) is 9.12. The van der Waals surface area contributed by atoms with E-state index in [1.165, 1.54) is 44.9 Å². The highest BCUT2D eigenvalue weighted by atomic mass is 16.7. The van der Waals surface area contributed by atoms with Crippen molar-refractivity contribution in [2.45, 2.75) is 91.3 Å². The van der Waals surface area contributed by atoms with Crippen LogP contribution in [0.1, 0.15) is 85.5 Å². The predicted octanol–water partition coefficient (Wildman–Crippen LogP) is 4.88. The lowest BCUT2D eigenvalue weighted by molar-refractivity contribution is -0.254. The number of nitrogens with two attached hydrogens (primary N) is 1. The highest BCUT2D eigenvalue weighted by Crippen LogP contribution is 2.32. The van der Waals surface area contributed by atoms with Crippen molar-refractivity contribution in [2.75, 3.05) is 19.8 Å². The molecule has 1 atom stereocenters. The summed E-state index contributed by atoms with van der Waals surface area (Å²) in [6.07, 6.45) is 11.3. The Labute approximate surface area is 133 Å². The lowest BCUT2D eigenvalue weighted by Crippen LogP contribution is -2.41. The topological polar surface area (TPSA) is 44.5 Å². The lowest BCUT2D eigenvalue weighted by atomic mass is 9.88. The van der Waals surface area contributed by atoms with Gasteiger partial charge in [0.2, 0.25) is 0 Å². The summed E-state index contributed by atoms with van der Waals surface area (Å²) in [5.74, 6) is 0.00867. The zero-order valence-electron chi connectivity index (χ0n) is 15.0. The van der Waals surface area contributed by atoms with Gasteiger partial charge >= 0.3 is 0 Å². The van der Waals surface area contributed by atoms with Crippen molar-refractivity contribution in [3.63, 3.8) is 0 Å². The van der Waals surface area contributed by atoms with Gasteiger partial charge in [0.1, 0.15) is 0 Å². The maximum absolute atomic E-state index is 5.96. The molecule has 0 heterocycles. The molecule has 0 aromatic rings. The highest BCUT2D eigenvalue weighted by molar-refractivity contribution is 4.76. The molecule has 0 radical (unpaired) electrons. The second kappa shape index (κ2) is 13.5. The minimum atomic E-state index is -0.442. The van der Waals surface area contributed by atoms with Gasteiger partial charge in [-0.25, -0.2) is 0 Å². The van der Waals surface area contributed by atoms with Crippen molar-refractivity contribution in [2.24, 2.45) is 11.7 Å². The van der Waals surface area contributed by atoms with Crippen LogP contribution in [0.2, 0.25) is 0 Å². The zero-order valence-corrected chi connectivity index (χ0v) is 15.0. The summed E-state index contributed by atoms with van der Waals surface area (Å²) < 4.78 is 11.9. The molecule has 21 heavy (non-hydrogen) atoms. The van der Waals surface area contributed by atoms with Crippen molar-refractivity contribution < 1.29 is 9.47 Å². The molecule has 0 unspecified atom stereocenters. The summed E-state index contributed by atoms with van der Waals surface area (Å²) in [6, 6.07) is 0. The van der Waals surface area contributed by atoms with Crippen molar-refractivity contribution in [3.8, 4) is 0 Å². The van der Waals surface area contributed by atoms with Crippen molar-refractivity contribution in [3.05, 3.63) is 0 Å². The predicted molar refractivity (Wildman–Crippen MR) is 91.4 cm³/mol. The molecule has 0 spiro atoms. The molecule has 0 amide bonds. The Bertz CT molecular complexity index is 215. The van der Waals surface area contributed by atoms with Crippen LogP contribution >= 0.6 is 0 Å². The molecule has 0 fully saturated rings. The molecule has 0 aromatic carbocycles. The number of hydrogen-bond acceptors (Lipinski definition) is 3. The smallest absolute Gasteiger partial charge is 0.168 e. The molecule has 0 aliphatic heterocycles. The lowest BCUT2D eigenvalue weighted by Gasteiger charge is -2.37. The van der Waals surface area contributed by atoms with E-state index in [2.05, 4.69) is 13.8 Å². The summed E-state index contributed by atoms with van der Waals surface area (Å²) in [5.41, 5.74) is 5.70. The van der Waals surface area contributed by atoms with Crippen LogP contribution in [0.4, 0.5) is 0 Å². The van der Waals surface area contributed by atoms with E-state index in [0.717, 1.165) is 19.4 Å². The maximum atomic E-state index is 5.96. The van der Waals surface area contributed by atoms with Crippen molar-refractivity contribution in [1.29, 1.82) is 0 Å². The van der Waals surface area contributed by atoms with Gasteiger partial charge in [-0.1, -0.05) is 45.4 Å². The van der Waals surface area contributed by atoms with E-state index < -0.39 is 5.79 Å². The van der Waals surface area contributed by atoms with Gasteiger partial charge in [0, 0.05) is 19.1 Å². The first kappa shape index (κ1) is 20.9. The monoisotopic (exact) mass is 301 g/mol. The summed E-state index contributed by atoms with van der Waals surface area (Å²) >= 11 is 0. The Morgan fingerprint density at radius 3 is 1.86 bits per heavy atom. The Kier molecular flexibility index (Phi) is 13.5. The molecule has 0 aliphatic carbocycles. The fourth-order valence-corrected chi connectivity index (χ4v) is 3.05. The Hall–Kier alpha value is -0.120. The second-order valence-electron chi connectivity index (χ2n) is 6.07. The molecule has 0 saturated heterocycles. The molecule has 0 bridgehead atoms. The van der Waals surface area contributed by atoms with E-state index in [9.17, 15) is 0 Å². The molecule has 0 saturated carbocycles. The van der Waals surface area contributed by atoms with Crippen LogP contribution in [0.3, 0.4) is 0 Å². The second-order valence-corrected chi connectivity index (χ2v) is 6.07. The quantitative estimate of drug-likeness (QED) is 0.346. The van der Waals surface area contributed by atoms with E-state index in [4.69, 9.17) is 15.2 Å². The van der Waals surface area contributed by atoms with E-state index >= 15 is 0 Å². The van der Waals surface area contributed by atoms with Crippen LogP contribution in [-0.4, -0.2) is 25.5 Å². The van der Waals surface area contributed by atoms with Gasteiger partial charge < -0.3 is 15.2 Å². The molecule has 3 nitrogen and oxygen atoms in total. The Morgan fingerprint density at radius 2 is 1.33 bits per heavy atom. The van der Waals surface area contributed by atoms with Gasteiger partial charge in [-0.05, 0) is 46.6 Å². The van der Waals surface area contributed by atoms with Crippen LogP contribution in [0.15, 0.2) is 0 Å². The maximum Gasteiger partial charge on any atom is 0.168 e. The van der Waals surface area contributed by atoms with Gasteiger partial charge in [0.25, 0.3) is 0 Å². The average molecular weight is 302 g/mol. The number of unbranched alkanes of at least 4 members (excludes halogenated alkanes) is 5. The number of hydrogen-bond donors (Lipinski definition) is 1. The molecule has 3 heteroatoms. The Morgan fingerprint density at radius 1 is 0.810 bits per heavy atom. The van der Waals surface area contributed by atoms with Crippen LogP contribution in [0.5, 0.6) is 0 Å². The summed E-state index contributed by atoms with van der Waals surface area (Å²) in [6.45, 7) is 10.6. The fraction of sp³-hybridized carbons (Fsp3) is 1.00. The van der Waals surface area contributed by atoms with Crippen LogP contribution < -0.4 is 5.73 Å². The van der Waals surface area contributed by atoms with Crippen molar-refractivity contribution in [1.82, 2.24) is 0 Å². The third kappa shape index (κ3) is 9.49. The summed E-state index contributed by atoms with van der Waals surface area (Å²) in [7, 11) is 0. The van der Waals surface area contributed by atoms with E-state index in [1.54, 1.807) is 0 Å². The first-order chi connectivity index (χ1) is 10.1. The van der Waals surface area contributed by atoms with Gasteiger partial charge in [0.15, 0.2) is 5.79 Å². The molecule has 128 valence electrons. The van der Waals surface area contributed by atoms with Gasteiger partial charge in [-0.3, -0.25) is 0 Å². The van der Waals surface area contributed by atoms with Crippen LogP contribution in [0, 0.1) is 5.92 Å². The zero-order chi connectivity index (χ0) is 16.0. The minimum absolute atomic E-state index is 0.442. The van der Waals surface area contributed by atoms with E-state index in [1.807, 2.05) is 13.8 Å². The average Bonchev–Trinajstić information content (AvgIpc) is 2.46. The summed E-state index contributed by atoms with van der Waals surface area (Å²) in [4.78, 5) is 0. The normalized spacial score (nSPS) is 13.6. The molecular formula is C18H39NO2. The molecule has 2 N–H and O–H groups in total. The first-order valence-electron chi connectivity index (χ1n) is 9.12. The van der Waals surface area contributed by atoms with E-state index in [0.29, 0.717) is 19.1 Å². The van der Waals surface area contributed by atoms with E-state index in [-0.39, 0.29) is 0 Å². The minimum Gasteiger partial charge on any atom is -0.350 e. The third-order valence-corrected chi connectivity index (χ3v) is 4.27. The van der Waals surface area contributed by atoms with Crippen LogP contribution in [-0.2, 0) is 9.47 Å². The fourth-order valence-electron chi connectivity index (χ4n) is 3.05. The molecule has 0 aromatic heterocycles.